The van der Waals surface area contributed by atoms with Crippen molar-refractivity contribution in [3.63, 3.8) is 0 Å². The van der Waals surface area contributed by atoms with Gasteiger partial charge in [0.1, 0.15) is 0 Å². The van der Waals surface area contributed by atoms with Crippen LogP contribution in [0.3, 0.4) is 0 Å². The third-order valence-corrected chi connectivity index (χ3v) is 3.31. The van der Waals surface area contributed by atoms with Crippen LogP contribution in [0.5, 0.6) is 0 Å². The summed E-state index contributed by atoms with van der Waals surface area (Å²) in [6.07, 6.45) is 0. The molecule has 0 amide bonds. The highest BCUT2D eigenvalue weighted by Gasteiger charge is 2.12. The summed E-state index contributed by atoms with van der Waals surface area (Å²) in [5.41, 5.74) is 0. The first kappa shape index (κ1) is 14.4. The van der Waals surface area contributed by atoms with Gasteiger partial charge in [-0.2, -0.15) is 0 Å². The van der Waals surface area contributed by atoms with E-state index in [1.807, 2.05) is 0 Å². The van der Waals surface area contributed by atoms with Crippen LogP contribution >= 0.6 is 15.9 Å². The molecule has 0 aromatic carbocycles. The second-order valence-electron chi connectivity index (χ2n) is 4.27. The van der Waals surface area contributed by atoms with Crippen molar-refractivity contribution in [3.05, 3.63) is 0 Å². The van der Waals surface area contributed by atoms with E-state index < -0.39 is 0 Å². The minimum Gasteiger partial charge on any atom is -0.383 e. The molecule has 1 aliphatic rings. The molecular formula is C11H23BrN2O2. The van der Waals surface area contributed by atoms with Gasteiger partial charge in [0.05, 0.1) is 24.6 Å². The average Bonchev–Trinajstić information content (AvgIpc) is 2.28. The van der Waals surface area contributed by atoms with Gasteiger partial charge < -0.3 is 14.4 Å². The van der Waals surface area contributed by atoms with Crippen molar-refractivity contribution < 1.29 is 9.47 Å². The van der Waals surface area contributed by atoms with Crippen molar-refractivity contribution in [1.29, 1.82) is 0 Å². The molecule has 1 aliphatic heterocycles. The van der Waals surface area contributed by atoms with Gasteiger partial charge in [-0.3, -0.25) is 4.90 Å². The van der Waals surface area contributed by atoms with E-state index in [1.54, 1.807) is 7.11 Å². The molecule has 0 saturated carbocycles. The van der Waals surface area contributed by atoms with Crippen LogP contribution in [0.15, 0.2) is 0 Å². The minimum atomic E-state index is 0.423. The van der Waals surface area contributed by atoms with Gasteiger partial charge in [0, 0.05) is 39.8 Å². The number of halogens is 1. The number of rotatable bonds is 7. The average molecular weight is 295 g/mol. The summed E-state index contributed by atoms with van der Waals surface area (Å²) >= 11 is 3.60. The van der Waals surface area contributed by atoms with Crippen LogP contribution in [-0.2, 0) is 9.47 Å². The Morgan fingerprint density at radius 2 is 2.12 bits per heavy atom. The Kier molecular flexibility index (Phi) is 7.56. The molecule has 1 heterocycles. The Balaban J connectivity index is 2.06. The van der Waals surface area contributed by atoms with Gasteiger partial charge in [0.25, 0.3) is 0 Å². The normalized spacial score (nSPS) is 20.2. The highest BCUT2D eigenvalue weighted by Crippen LogP contribution is 2.03. The molecule has 1 unspecified atom stereocenters. The summed E-state index contributed by atoms with van der Waals surface area (Å²) in [6.45, 7) is 7.94. The van der Waals surface area contributed by atoms with Gasteiger partial charge in [-0.15, -0.1) is 0 Å². The lowest BCUT2D eigenvalue weighted by atomic mass is 10.3. The van der Waals surface area contributed by atoms with E-state index in [0.29, 0.717) is 4.83 Å². The van der Waals surface area contributed by atoms with Crippen molar-refractivity contribution in [2.24, 2.45) is 0 Å². The maximum atomic E-state index is 5.32. The number of alkyl halides is 1. The summed E-state index contributed by atoms with van der Waals surface area (Å²) < 4.78 is 10.4. The zero-order valence-electron chi connectivity index (χ0n) is 10.3. The van der Waals surface area contributed by atoms with Crippen molar-refractivity contribution >= 4 is 15.9 Å². The fourth-order valence-electron chi connectivity index (χ4n) is 1.80. The van der Waals surface area contributed by atoms with E-state index in [9.17, 15) is 0 Å². The first-order chi connectivity index (χ1) is 7.72. The van der Waals surface area contributed by atoms with E-state index in [4.69, 9.17) is 9.47 Å². The molecule has 96 valence electrons. The lowest BCUT2D eigenvalue weighted by molar-refractivity contribution is 0.0343. The second kappa shape index (κ2) is 8.42. The van der Waals surface area contributed by atoms with Crippen molar-refractivity contribution in [2.75, 3.05) is 66.7 Å². The monoisotopic (exact) mass is 294 g/mol. The maximum Gasteiger partial charge on any atom is 0.0600 e. The summed E-state index contributed by atoms with van der Waals surface area (Å²) in [6, 6.07) is 0. The zero-order chi connectivity index (χ0) is 11.8. The van der Waals surface area contributed by atoms with Gasteiger partial charge in [-0.25, -0.2) is 0 Å². The van der Waals surface area contributed by atoms with E-state index in [1.165, 1.54) is 0 Å². The number of likely N-dealkylation sites (N-methyl/N-ethyl adjacent to an activating group) is 1. The Bertz CT molecular complexity index is 177. The quantitative estimate of drug-likeness (QED) is 0.644. The molecule has 1 fully saturated rings. The lowest BCUT2D eigenvalue weighted by Gasteiger charge is -2.29. The molecule has 0 N–H and O–H groups in total. The molecular weight excluding hydrogens is 272 g/mol. The van der Waals surface area contributed by atoms with E-state index in [2.05, 4.69) is 32.8 Å². The minimum absolute atomic E-state index is 0.423. The molecule has 0 spiro atoms. The SMILES string of the molecule is COCC(Br)CN(C)CCN1CCOCC1. The first-order valence-electron chi connectivity index (χ1n) is 5.84. The van der Waals surface area contributed by atoms with Crippen LogP contribution in [0.25, 0.3) is 0 Å². The van der Waals surface area contributed by atoms with Gasteiger partial charge in [0.2, 0.25) is 0 Å². The largest absolute Gasteiger partial charge is 0.383 e. The van der Waals surface area contributed by atoms with Gasteiger partial charge >= 0.3 is 0 Å². The number of methoxy groups -OCH3 is 1. The molecule has 0 bridgehead atoms. The molecule has 1 saturated heterocycles. The number of morpholine rings is 1. The second-order valence-corrected chi connectivity index (χ2v) is 5.56. The van der Waals surface area contributed by atoms with Gasteiger partial charge in [-0.05, 0) is 7.05 Å². The molecule has 0 aromatic rings. The Morgan fingerprint density at radius 3 is 2.75 bits per heavy atom. The van der Waals surface area contributed by atoms with Crippen LogP contribution < -0.4 is 0 Å². The molecule has 16 heavy (non-hydrogen) atoms. The van der Waals surface area contributed by atoms with E-state index in [0.717, 1.165) is 52.5 Å². The van der Waals surface area contributed by atoms with Crippen molar-refractivity contribution in [3.8, 4) is 0 Å². The predicted molar refractivity (Wildman–Crippen MR) is 69.3 cm³/mol. The van der Waals surface area contributed by atoms with Crippen molar-refractivity contribution in [2.45, 2.75) is 4.83 Å². The Morgan fingerprint density at radius 1 is 1.44 bits per heavy atom. The Labute approximate surface area is 107 Å². The lowest BCUT2D eigenvalue weighted by Crippen LogP contribution is -2.41. The van der Waals surface area contributed by atoms with Gasteiger partial charge in [-0.1, -0.05) is 15.9 Å². The molecule has 5 heteroatoms. The highest BCUT2D eigenvalue weighted by atomic mass is 79.9. The molecule has 4 nitrogen and oxygen atoms in total. The molecule has 1 atom stereocenters. The van der Waals surface area contributed by atoms with Crippen LogP contribution in [0.4, 0.5) is 0 Å². The molecule has 0 radical (unpaired) electrons. The van der Waals surface area contributed by atoms with Crippen LogP contribution in [-0.4, -0.2) is 81.3 Å². The summed E-state index contributed by atoms with van der Waals surface area (Å²) in [4.78, 5) is 5.22. The number of hydrogen-bond donors (Lipinski definition) is 0. The van der Waals surface area contributed by atoms with Crippen molar-refractivity contribution in [1.82, 2.24) is 9.80 Å². The fourth-order valence-corrected chi connectivity index (χ4v) is 2.56. The number of nitrogens with zero attached hydrogens (tertiary/aromatic N) is 2. The van der Waals surface area contributed by atoms with E-state index >= 15 is 0 Å². The third kappa shape index (κ3) is 6.15. The third-order valence-electron chi connectivity index (χ3n) is 2.76. The van der Waals surface area contributed by atoms with E-state index in [-0.39, 0.29) is 0 Å². The first-order valence-corrected chi connectivity index (χ1v) is 6.75. The highest BCUT2D eigenvalue weighted by molar-refractivity contribution is 9.09. The Hall–Kier alpha value is 0.320. The summed E-state index contributed by atoms with van der Waals surface area (Å²) in [5.74, 6) is 0. The molecule has 1 rings (SSSR count). The summed E-state index contributed by atoms with van der Waals surface area (Å²) in [7, 11) is 3.90. The zero-order valence-corrected chi connectivity index (χ0v) is 11.9. The fraction of sp³-hybridized carbons (Fsp3) is 1.00. The topological polar surface area (TPSA) is 24.9 Å². The molecule has 0 aliphatic carbocycles. The number of ether oxygens (including phenoxy) is 2. The number of hydrogen-bond acceptors (Lipinski definition) is 4. The van der Waals surface area contributed by atoms with Gasteiger partial charge in [0.15, 0.2) is 0 Å². The smallest absolute Gasteiger partial charge is 0.0600 e. The van der Waals surface area contributed by atoms with Crippen LogP contribution in [0, 0.1) is 0 Å². The van der Waals surface area contributed by atoms with Crippen LogP contribution in [0.1, 0.15) is 0 Å². The standard InChI is InChI=1S/C11H23BrN2O2/c1-13(9-11(12)10-15-2)3-4-14-5-7-16-8-6-14/h11H,3-10H2,1-2H3. The van der Waals surface area contributed by atoms with Crippen LogP contribution in [0.2, 0.25) is 0 Å². The predicted octanol–water partition coefficient (Wildman–Crippen LogP) is 0.660. The molecule has 0 aromatic heterocycles. The maximum absolute atomic E-state index is 5.32. The summed E-state index contributed by atoms with van der Waals surface area (Å²) in [5, 5.41) is 0.